The molecule has 5 nitrogen and oxygen atoms in total. The third-order valence-electron chi connectivity index (χ3n) is 5.10. The maximum absolute atomic E-state index is 12.5. The molecule has 3 N–H and O–H groups in total. The van der Waals surface area contributed by atoms with Gasteiger partial charge in [0.05, 0.1) is 6.54 Å². The van der Waals surface area contributed by atoms with Gasteiger partial charge in [0.1, 0.15) is 6.04 Å². The fraction of sp³-hybridized carbons (Fsp3) is 0.250. The Hall–Kier alpha value is -3.18. The van der Waals surface area contributed by atoms with Crippen LogP contribution in [0, 0.1) is 6.92 Å². The highest BCUT2D eigenvalue weighted by Crippen LogP contribution is 2.22. The monoisotopic (exact) mass is 390 g/mol. The van der Waals surface area contributed by atoms with E-state index in [1.54, 1.807) is 7.05 Å². The average Bonchev–Trinajstić information content (AvgIpc) is 2.72. The molecular formula is C24H28N3O2+. The van der Waals surface area contributed by atoms with E-state index >= 15 is 0 Å². The number of hydrogen-bond donors (Lipinski definition) is 2. The van der Waals surface area contributed by atoms with Gasteiger partial charge in [-0.15, -0.1) is 0 Å². The first-order valence-electron chi connectivity index (χ1n) is 9.85. The summed E-state index contributed by atoms with van der Waals surface area (Å²) in [5.41, 5.74) is 3.07. The van der Waals surface area contributed by atoms with Crippen molar-refractivity contribution in [1.82, 2.24) is 4.90 Å². The van der Waals surface area contributed by atoms with Gasteiger partial charge in [0, 0.05) is 18.3 Å². The predicted molar refractivity (Wildman–Crippen MR) is 117 cm³/mol. The first-order chi connectivity index (χ1) is 13.9. The van der Waals surface area contributed by atoms with Crippen molar-refractivity contribution < 1.29 is 14.9 Å². The summed E-state index contributed by atoms with van der Waals surface area (Å²) in [5.74, 6) is -0.275. The number of anilines is 1. The third kappa shape index (κ3) is 5.42. The van der Waals surface area contributed by atoms with E-state index in [-0.39, 0.29) is 24.4 Å². The van der Waals surface area contributed by atoms with Gasteiger partial charge in [-0.3, -0.25) is 9.59 Å². The van der Waals surface area contributed by atoms with E-state index in [1.807, 2.05) is 54.7 Å². The molecule has 150 valence electrons. The molecule has 0 aliphatic heterocycles. The summed E-state index contributed by atoms with van der Waals surface area (Å²) in [6, 6.07) is 22.2. The number of nitrogens with zero attached hydrogens (tertiary/aromatic N) is 1. The molecular weight excluding hydrogens is 362 g/mol. The molecule has 1 atom stereocenters. The fourth-order valence-corrected chi connectivity index (χ4v) is 3.35. The number of fused-ring (bicyclic) bond motifs is 1. The number of aryl methyl sites for hydroxylation is 1. The maximum Gasteiger partial charge on any atom is 0.277 e. The highest BCUT2D eigenvalue weighted by atomic mass is 16.2. The standard InChI is InChI=1S/C24H27N3O2/c1-17-11-13-20(14-12-17)26-23(28)16-27(3)24(29)15-25-18(2)21-10-6-8-19-7-4-5-9-22(19)21/h4-14,18,25H,15-16H2,1-3H3,(H,26,28)/p+1/t18-/m0/s1. The number of nitrogens with two attached hydrogens (primary N) is 1. The molecule has 0 radical (unpaired) electrons. The first kappa shape index (κ1) is 20.6. The van der Waals surface area contributed by atoms with E-state index in [2.05, 4.69) is 36.5 Å². The topological polar surface area (TPSA) is 66.0 Å². The fourth-order valence-electron chi connectivity index (χ4n) is 3.35. The molecule has 3 aromatic rings. The summed E-state index contributed by atoms with van der Waals surface area (Å²) < 4.78 is 0. The molecule has 0 saturated heterocycles. The Bertz CT molecular complexity index is 993. The van der Waals surface area contributed by atoms with Gasteiger partial charge in [0.15, 0.2) is 6.54 Å². The van der Waals surface area contributed by atoms with Crippen LogP contribution in [-0.2, 0) is 9.59 Å². The van der Waals surface area contributed by atoms with E-state index in [9.17, 15) is 9.59 Å². The molecule has 0 bridgehead atoms. The second-order valence-electron chi connectivity index (χ2n) is 7.46. The van der Waals surface area contributed by atoms with Crippen molar-refractivity contribution in [1.29, 1.82) is 0 Å². The lowest BCUT2D eigenvalue weighted by atomic mass is 10.00. The van der Waals surface area contributed by atoms with Crippen LogP contribution in [0.1, 0.15) is 24.1 Å². The Morgan fingerprint density at radius 1 is 1.00 bits per heavy atom. The van der Waals surface area contributed by atoms with Crippen molar-refractivity contribution in [2.24, 2.45) is 0 Å². The van der Waals surface area contributed by atoms with Gasteiger partial charge in [-0.2, -0.15) is 0 Å². The quantitative estimate of drug-likeness (QED) is 0.651. The predicted octanol–water partition coefficient (Wildman–Crippen LogP) is 2.87. The molecule has 0 heterocycles. The van der Waals surface area contributed by atoms with Crippen molar-refractivity contribution in [3.8, 4) is 0 Å². The third-order valence-corrected chi connectivity index (χ3v) is 5.10. The molecule has 0 unspecified atom stereocenters. The van der Waals surface area contributed by atoms with E-state index in [0.29, 0.717) is 6.54 Å². The van der Waals surface area contributed by atoms with Crippen LogP contribution in [0.4, 0.5) is 5.69 Å². The van der Waals surface area contributed by atoms with Crippen LogP contribution >= 0.6 is 0 Å². The van der Waals surface area contributed by atoms with Gasteiger partial charge in [-0.25, -0.2) is 0 Å². The molecule has 2 amide bonds. The highest BCUT2D eigenvalue weighted by molar-refractivity contribution is 5.94. The van der Waals surface area contributed by atoms with Crippen LogP contribution in [0.25, 0.3) is 10.8 Å². The molecule has 0 aliphatic carbocycles. The lowest BCUT2D eigenvalue weighted by molar-refractivity contribution is -0.682. The number of carbonyl (C=O) groups is 2. The number of likely N-dealkylation sites (N-methyl/N-ethyl adjacent to an activating group) is 1. The molecule has 0 aromatic heterocycles. The molecule has 0 aliphatic rings. The molecule has 0 saturated carbocycles. The first-order valence-corrected chi connectivity index (χ1v) is 9.85. The van der Waals surface area contributed by atoms with Gasteiger partial charge < -0.3 is 15.5 Å². The SMILES string of the molecule is Cc1ccc(NC(=O)CN(C)C(=O)C[NH2+][C@@H](C)c2cccc3ccccc23)cc1. The Morgan fingerprint density at radius 3 is 2.45 bits per heavy atom. The zero-order chi connectivity index (χ0) is 20.8. The van der Waals surface area contributed by atoms with E-state index in [0.717, 1.165) is 11.3 Å². The minimum atomic E-state index is -0.202. The number of rotatable bonds is 7. The van der Waals surface area contributed by atoms with Crippen LogP contribution in [0.15, 0.2) is 66.7 Å². The Balaban J connectivity index is 1.52. The van der Waals surface area contributed by atoms with Crippen LogP contribution in [0.2, 0.25) is 0 Å². The number of nitrogens with one attached hydrogen (secondary N) is 1. The zero-order valence-corrected chi connectivity index (χ0v) is 17.2. The summed E-state index contributed by atoms with van der Waals surface area (Å²) in [4.78, 5) is 26.2. The largest absolute Gasteiger partial charge is 0.332 e. The molecule has 0 spiro atoms. The van der Waals surface area contributed by atoms with E-state index < -0.39 is 0 Å². The van der Waals surface area contributed by atoms with Crippen molar-refractivity contribution in [3.05, 3.63) is 77.9 Å². The highest BCUT2D eigenvalue weighted by Gasteiger charge is 2.18. The Kier molecular flexibility index (Phi) is 6.62. The summed E-state index contributed by atoms with van der Waals surface area (Å²) in [6.45, 7) is 4.41. The summed E-state index contributed by atoms with van der Waals surface area (Å²) in [6.07, 6.45) is 0. The molecule has 3 rings (SSSR count). The minimum Gasteiger partial charge on any atom is -0.332 e. The van der Waals surface area contributed by atoms with Crippen molar-refractivity contribution >= 4 is 28.3 Å². The molecule has 0 fully saturated rings. The number of quaternary nitrogens is 1. The zero-order valence-electron chi connectivity index (χ0n) is 17.2. The van der Waals surface area contributed by atoms with Gasteiger partial charge in [-0.05, 0) is 36.8 Å². The molecule has 3 aromatic carbocycles. The van der Waals surface area contributed by atoms with E-state index in [1.165, 1.54) is 21.2 Å². The molecule has 29 heavy (non-hydrogen) atoms. The van der Waals surface area contributed by atoms with Crippen molar-refractivity contribution in [2.75, 3.05) is 25.5 Å². The van der Waals surface area contributed by atoms with Crippen molar-refractivity contribution in [2.45, 2.75) is 19.9 Å². The summed E-state index contributed by atoms with van der Waals surface area (Å²) >= 11 is 0. The number of benzene rings is 3. The lowest BCUT2D eigenvalue weighted by Crippen LogP contribution is -2.87. The van der Waals surface area contributed by atoms with Gasteiger partial charge in [0.25, 0.3) is 5.91 Å². The summed E-state index contributed by atoms with van der Waals surface area (Å²) in [5, 5.41) is 7.24. The van der Waals surface area contributed by atoms with Crippen molar-refractivity contribution in [3.63, 3.8) is 0 Å². The Labute approximate surface area is 171 Å². The summed E-state index contributed by atoms with van der Waals surface area (Å²) in [7, 11) is 1.66. The lowest BCUT2D eigenvalue weighted by Gasteiger charge is -2.18. The van der Waals surface area contributed by atoms with Gasteiger partial charge >= 0.3 is 0 Å². The Morgan fingerprint density at radius 2 is 1.69 bits per heavy atom. The number of hydrogen-bond acceptors (Lipinski definition) is 2. The average molecular weight is 391 g/mol. The van der Waals surface area contributed by atoms with E-state index in [4.69, 9.17) is 0 Å². The van der Waals surface area contributed by atoms with Crippen LogP contribution < -0.4 is 10.6 Å². The second-order valence-corrected chi connectivity index (χ2v) is 7.46. The van der Waals surface area contributed by atoms with Gasteiger partial charge in [0.2, 0.25) is 5.91 Å². The maximum atomic E-state index is 12.5. The van der Waals surface area contributed by atoms with Crippen LogP contribution in [0.5, 0.6) is 0 Å². The van der Waals surface area contributed by atoms with Crippen LogP contribution in [0.3, 0.4) is 0 Å². The molecule has 5 heteroatoms. The number of amides is 2. The van der Waals surface area contributed by atoms with Crippen LogP contribution in [-0.4, -0.2) is 36.9 Å². The van der Waals surface area contributed by atoms with Gasteiger partial charge in [-0.1, -0.05) is 60.2 Å². The normalized spacial score (nSPS) is 11.8. The second kappa shape index (κ2) is 9.34. The smallest absolute Gasteiger partial charge is 0.277 e. The number of carbonyl (C=O) groups excluding carboxylic acids is 2. The minimum absolute atomic E-state index is 0.0310.